The van der Waals surface area contributed by atoms with Crippen LogP contribution in [0.25, 0.3) is 0 Å². The highest BCUT2D eigenvalue weighted by molar-refractivity contribution is 5.73. The van der Waals surface area contributed by atoms with Crippen LogP contribution >= 0.6 is 0 Å². The van der Waals surface area contributed by atoms with E-state index in [9.17, 15) is 14.7 Å². The Bertz CT molecular complexity index is 732. The maximum absolute atomic E-state index is 12.6. The Labute approximate surface area is 259 Å². The van der Waals surface area contributed by atoms with Crippen LogP contribution in [0.2, 0.25) is 0 Å². The van der Waals surface area contributed by atoms with Gasteiger partial charge in [0.05, 0.1) is 26.1 Å². The number of piperidine rings is 1. The zero-order valence-corrected chi connectivity index (χ0v) is 28.7. The average Bonchev–Trinajstić information content (AvgIpc) is 3.00. The highest BCUT2D eigenvalue weighted by Gasteiger charge is 2.39. The van der Waals surface area contributed by atoms with Gasteiger partial charge >= 0.3 is 11.9 Å². The summed E-state index contributed by atoms with van der Waals surface area (Å²) in [7, 11) is 0. The molecule has 0 saturated carbocycles. The highest BCUT2D eigenvalue weighted by Crippen LogP contribution is 2.39. The summed E-state index contributed by atoms with van der Waals surface area (Å²) in [6, 6.07) is 10.2. The Hall–Kier alpha value is -1.92. The Morgan fingerprint density at radius 2 is 1.50 bits per heavy atom. The van der Waals surface area contributed by atoms with Gasteiger partial charge in [0.2, 0.25) is 0 Å². The fourth-order valence-corrected chi connectivity index (χ4v) is 5.03. The van der Waals surface area contributed by atoms with Crippen LogP contribution in [0, 0.1) is 11.3 Å². The zero-order chi connectivity index (χ0) is 32.1. The number of carboxylic acid groups (broad SMARTS) is 1. The first-order valence-electron chi connectivity index (χ1n) is 17.1. The molecule has 6 nitrogen and oxygen atoms in total. The fourth-order valence-electron chi connectivity index (χ4n) is 5.03. The van der Waals surface area contributed by atoms with E-state index in [0.29, 0.717) is 19.1 Å². The van der Waals surface area contributed by atoms with Crippen molar-refractivity contribution in [1.29, 1.82) is 0 Å². The lowest BCUT2D eigenvalue weighted by atomic mass is 9.73. The Morgan fingerprint density at radius 1 is 0.881 bits per heavy atom. The second-order valence-electron chi connectivity index (χ2n) is 11.0. The number of aliphatic carboxylic acids is 1. The number of esters is 1. The normalized spacial score (nSPS) is 14.6. The van der Waals surface area contributed by atoms with Crippen molar-refractivity contribution in [3.05, 3.63) is 35.9 Å². The average molecular weight is 594 g/mol. The van der Waals surface area contributed by atoms with Gasteiger partial charge in [0.25, 0.3) is 0 Å². The van der Waals surface area contributed by atoms with Gasteiger partial charge in [-0.1, -0.05) is 118 Å². The van der Waals surface area contributed by atoms with E-state index in [1.165, 1.54) is 31.2 Å². The van der Waals surface area contributed by atoms with Crippen LogP contribution in [-0.4, -0.2) is 54.8 Å². The minimum absolute atomic E-state index is 0.0390. The monoisotopic (exact) mass is 594 g/mol. The molecule has 0 aromatic heterocycles. The van der Waals surface area contributed by atoms with Crippen molar-refractivity contribution in [1.82, 2.24) is 4.90 Å². The van der Waals surface area contributed by atoms with E-state index in [2.05, 4.69) is 44.7 Å². The van der Waals surface area contributed by atoms with E-state index in [4.69, 9.17) is 9.47 Å². The fraction of sp³-hybridized carbons (Fsp3) is 0.778. The molecule has 42 heavy (non-hydrogen) atoms. The summed E-state index contributed by atoms with van der Waals surface area (Å²) >= 11 is 0. The van der Waals surface area contributed by atoms with E-state index in [1.807, 2.05) is 45.9 Å². The van der Waals surface area contributed by atoms with E-state index in [1.54, 1.807) is 0 Å². The summed E-state index contributed by atoms with van der Waals surface area (Å²) in [6.07, 6.45) is 10.6. The minimum atomic E-state index is -0.826. The molecule has 0 bridgehead atoms. The maximum atomic E-state index is 12.6. The summed E-state index contributed by atoms with van der Waals surface area (Å²) in [5.74, 6) is -0.462. The van der Waals surface area contributed by atoms with Crippen LogP contribution in [0.5, 0.6) is 0 Å². The van der Waals surface area contributed by atoms with Gasteiger partial charge in [-0.2, -0.15) is 0 Å². The number of ether oxygens (including phenoxy) is 2. The van der Waals surface area contributed by atoms with Gasteiger partial charge in [0.15, 0.2) is 0 Å². The molecule has 1 aromatic carbocycles. The van der Waals surface area contributed by atoms with Crippen molar-refractivity contribution in [2.75, 3.05) is 32.8 Å². The van der Waals surface area contributed by atoms with Gasteiger partial charge in [0, 0.05) is 6.61 Å². The topological polar surface area (TPSA) is 76.1 Å². The summed E-state index contributed by atoms with van der Waals surface area (Å²) in [5.41, 5.74) is 0.711. The standard InChI is InChI=1S/C29H47NO5.C3H8.2C2H6/c1-3-5-11-25(4-2)14-21-35-28(33)23-29(22-27(31)32)15-18-30(19-16-29)17-9-10-20-34-24-26-12-7-6-8-13-26;1-3-2;2*1-2/h6-8,12-13,25H,3-5,9-11,14-24H2,1-2H3,(H,31,32);3H2,1-2H3;2*1-2H3. The third kappa shape index (κ3) is 21.7. The first-order valence-corrected chi connectivity index (χ1v) is 17.1. The number of nitrogens with zero attached hydrogens (tertiary/aromatic N) is 1. The number of carbonyl (C=O) groups excluding carboxylic acids is 1. The zero-order valence-electron chi connectivity index (χ0n) is 28.7. The number of benzene rings is 1. The van der Waals surface area contributed by atoms with E-state index >= 15 is 0 Å². The smallest absolute Gasteiger partial charge is 0.306 e. The summed E-state index contributed by atoms with van der Waals surface area (Å²) < 4.78 is 11.3. The summed E-state index contributed by atoms with van der Waals surface area (Å²) in [5, 5.41) is 9.50. The highest BCUT2D eigenvalue weighted by atomic mass is 16.5. The third-order valence-electron chi connectivity index (χ3n) is 7.42. The van der Waals surface area contributed by atoms with E-state index in [0.717, 1.165) is 64.8 Å². The summed E-state index contributed by atoms with van der Waals surface area (Å²) in [6.45, 7) is 21.1. The van der Waals surface area contributed by atoms with Gasteiger partial charge in [-0.25, -0.2) is 0 Å². The molecule has 6 heteroatoms. The number of hydrogen-bond donors (Lipinski definition) is 1. The van der Waals surface area contributed by atoms with Crippen LogP contribution in [0.4, 0.5) is 0 Å². The molecular weight excluding hydrogens is 526 g/mol. The van der Waals surface area contributed by atoms with Gasteiger partial charge in [-0.05, 0) is 68.6 Å². The second-order valence-corrected chi connectivity index (χ2v) is 11.0. The predicted octanol–water partition coefficient (Wildman–Crippen LogP) is 9.55. The Balaban J connectivity index is 0. The lowest BCUT2D eigenvalue weighted by molar-refractivity contribution is -0.150. The van der Waals surface area contributed by atoms with Crippen LogP contribution in [0.3, 0.4) is 0 Å². The molecule has 1 unspecified atom stereocenters. The number of carboxylic acids is 1. The molecule has 0 spiro atoms. The molecule has 1 aliphatic rings. The minimum Gasteiger partial charge on any atom is -0.481 e. The molecule has 0 radical (unpaired) electrons. The third-order valence-corrected chi connectivity index (χ3v) is 7.42. The quantitative estimate of drug-likeness (QED) is 0.135. The molecule has 1 aliphatic heterocycles. The Morgan fingerprint density at radius 3 is 2.05 bits per heavy atom. The molecule has 1 atom stereocenters. The number of rotatable bonds is 18. The predicted molar refractivity (Wildman–Crippen MR) is 178 cm³/mol. The molecular formula is C36H67NO5. The van der Waals surface area contributed by atoms with Crippen LogP contribution in [0.1, 0.15) is 138 Å². The molecule has 0 amide bonds. The van der Waals surface area contributed by atoms with E-state index < -0.39 is 11.4 Å². The van der Waals surface area contributed by atoms with Gasteiger partial charge in [-0.15, -0.1) is 0 Å². The Kier molecular flexibility index (Phi) is 29.3. The molecule has 2 rings (SSSR count). The van der Waals surface area contributed by atoms with Crippen molar-refractivity contribution in [3.8, 4) is 0 Å². The molecule has 1 fully saturated rings. The lowest BCUT2D eigenvalue weighted by Gasteiger charge is -2.40. The maximum Gasteiger partial charge on any atom is 0.306 e. The largest absolute Gasteiger partial charge is 0.481 e. The van der Waals surface area contributed by atoms with Crippen LogP contribution in [0.15, 0.2) is 30.3 Å². The van der Waals surface area contributed by atoms with Crippen molar-refractivity contribution in [2.45, 2.75) is 139 Å². The molecule has 1 saturated heterocycles. The second kappa shape index (κ2) is 29.2. The van der Waals surface area contributed by atoms with Gasteiger partial charge < -0.3 is 19.5 Å². The number of carbonyl (C=O) groups is 2. The SMILES string of the molecule is CC.CC.CCC.CCCCC(CC)CCOC(=O)CC1(CC(=O)O)CCN(CCCCOCc2ccccc2)CC1. The molecule has 0 aliphatic carbocycles. The number of likely N-dealkylation sites (tertiary alicyclic amines) is 1. The number of unbranched alkanes of at least 4 members (excludes halogenated alkanes) is 2. The first kappa shape index (κ1) is 42.2. The van der Waals surface area contributed by atoms with Crippen molar-refractivity contribution in [2.24, 2.45) is 11.3 Å². The first-order chi connectivity index (χ1) is 20.4. The van der Waals surface area contributed by atoms with Crippen LogP contribution in [-0.2, 0) is 25.7 Å². The van der Waals surface area contributed by atoms with Crippen molar-refractivity contribution >= 4 is 11.9 Å². The van der Waals surface area contributed by atoms with Gasteiger partial charge in [0.1, 0.15) is 0 Å². The number of hydrogen-bond acceptors (Lipinski definition) is 5. The van der Waals surface area contributed by atoms with Gasteiger partial charge in [-0.3, -0.25) is 9.59 Å². The lowest BCUT2D eigenvalue weighted by Crippen LogP contribution is -2.42. The molecule has 1 aromatic rings. The summed E-state index contributed by atoms with van der Waals surface area (Å²) in [4.78, 5) is 26.6. The van der Waals surface area contributed by atoms with Crippen molar-refractivity contribution < 1.29 is 24.2 Å². The molecule has 246 valence electrons. The van der Waals surface area contributed by atoms with E-state index in [-0.39, 0.29) is 18.8 Å². The van der Waals surface area contributed by atoms with Crippen LogP contribution < -0.4 is 0 Å². The van der Waals surface area contributed by atoms with Crippen molar-refractivity contribution in [3.63, 3.8) is 0 Å². The molecule has 1 heterocycles. The molecule has 1 N–H and O–H groups in total.